The Morgan fingerprint density at radius 3 is 2.92 bits per heavy atom. The zero-order valence-electron chi connectivity index (χ0n) is 6.99. The highest BCUT2D eigenvalue weighted by atomic mass is 79.9. The Kier molecular flexibility index (Phi) is 2.14. The van der Waals surface area contributed by atoms with Crippen molar-refractivity contribution in [1.82, 2.24) is 10.1 Å². The Bertz CT molecular complexity index is 412. The molecule has 0 atom stereocenters. The number of hydrogen-bond donors (Lipinski definition) is 0. The molecule has 0 bridgehead atoms. The van der Waals surface area contributed by atoms with Gasteiger partial charge in [0.25, 0.3) is 5.89 Å². The molecule has 0 N–H and O–H groups in total. The van der Waals surface area contributed by atoms with E-state index in [-0.39, 0.29) is 0 Å². The second-order valence-electron chi connectivity index (χ2n) is 2.66. The van der Waals surface area contributed by atoms with Crippen LogP contribution in [0.4, 0.5) is 0 Å². The van der Waals surface area contributed by atoms with Crippen LogP contribution in [0.15, 0.2) is 33.5 Å². The van der Waals surface area contributed by atoms with Gasteiger partial charge in [0.15, 0.2) is 6.33 Å². The third-order valence-corrected chi connectivity index (χ3v) is 2.72. The van der Waals surface area contributed by atoms with Crippen LogP contribution in [0.3, 0.4) is 0 Å². The maximum atomic E-state index is 4.97. The van der Waals surface area contributed by atoms with Gasteiger partial charge >= 0.3 is 0 Å². The molecule has 0 aliphatic rings. The first-order valence-corrected chi connectivity index (χ1v) is 4.60. The minimum Gasteiger partial charge on any atom is -0.334 e. The monoisotopic (exact) mass is 238 g/mol. The molecular formula is C9H7BrN2O. The number of hydrogen-bond acceptors (Lipinski definition) is 3. The Morgan fingerprint density at radius 2 is 2.23 bits per heavy atom. The molecule has 1 heterocycles. The van der Waals surface area contributed by atoms with Crippen LogP contribution in [0.1, 0.15) is 5.56 Å². The predicted molar refractivity (Wildman–Crippen MR) is 52.2 cm³/mol. The molecular weight excluding hydrogens is 232 g/mol. The average molecular weight is 239 g/mol. The van der Waals surface area contributed by atoms with Crippen molar-refractivity contribution in [2.75, 3.05) is 0 Å². The quantitative estimate of drug-likeness (QED) is 0.767. The van der Waals surface area contributed by atoms with E-state index in [0.29, 0.717) is 5.89 Å². The number of benzene rings is 1. The van der Waals surface area contributed by atoms with Gasteiger partial charge in [0.05, 0.1) is 0 Å². The molecule has 0 amide bonds. The normalized spacial score (nSPS) is 10.3. The number of halogens is 1. The Labute approximate surface area is 83.9 Å². The first-order chi connectivity index (χ1) is 6.29. The van der Waals surface area contributed by atoms with E-state index in [4.69, 9.17) is 4.52 Å². The van der Waals surface area contributed by atoms with E-state index in [0.717, 1.165) is 15.6 Å². The zero-order chi connectivity index (χ0) is 9.26. The minimum atomic E-state index is 0.554. The first kappa shape index (κ1) is 8.44. The molecule has 2 rings (SSSR count). The first-order valence-electron chi connectivity index (χ1n) is 3.81. The number of rotatable bonds is 1. The van der Waals surface area contributed by atoms with Gasteiger partial charge in [-0.2, -0.15) is 4.98 Å². The fourth-order valence-corrected chi connectivity index (χ4v) is 1.50. The van der Waals surface area contributed by atoms with Gasteiger partial charge in [0.1, 0.15) is 0 Å². The number of nitrogens with zero attached hydrogens (tertiary/aromatic N) is 2. The van der Waals surface area contributed by atoms with E-state index in [1.807, 2.05) is 25.1 Å². The van der Waals surface area contributed by atoms with Crippen LogP contribution < -0.4 is 0 Å². The maximum absolute atomic E-state index is 4.97. The van der Waals surface area contributed by atoms with Crippen molar-refractivity contribution >= 4 is 15.9 Å². The summed E-state index contributed by atoms with van der Waals surface area (Å²) in [6, 6.07) is 5.87. The molecule has 0 spiro atoms. The Hall–Kier alpha value is -1.16. The fourth-order valence-electron chi connectivity index (χ4n) is 1.13. The Morgan fingerprint density at radius 1 is 1.38 bits per heavy atom. The van der Waals surface area contributed by atoms with Crippen LogP contribution in [0.5, 0.6) is 0 Å². The third-order valence-electron chi connectivity index (χ3n) is 1.86. The van der Waals surface area contributed by atoms with E-state index >= 15 is 0 Å². The van der Waals surface area contributed by atoms with Crippen LogP contribution in [0.2, 0.25) is 0 Å². The summed E-state index contributed by atoms with van der Waals surface area (Å²) >= 11 is 3.44. The maximum Gasteiger partial charge on any atom is 0.257 e. The molecule has 66 valence electrons. The van der Waals surface area contributed by atoms with Gasteiger partial charge in [0.2, 0.25) is 0 Å². The molecule has 1 aromatic heterocycles. The summed E-state index contributed by atoms with van der Waals surface area (Å²) in [5.41, 5.74) is 2.07. The predicted octanol–water partition coefficient (Wildman–Crippen LogP) is 2.81. The third kappa shape index (κ3) is 1.49. The molecule has 13 heavy (non-hydrogen) atoms. The standard InChI is InChI=1S/C9H7BrN2O/c1-6-7(3-2-4-8(6)10)9-11-5-12-13-9/h2-5H,1H3. The molecule has 0 saturated carbocycles. The van der Waals surface area contributed by atoms with Gasteiger partial charge in [0, 0.05) is 10.0 Å². The highest BCUT2D eigenvalue weighted by Gasteiger charge is 2.08. The Balaban J connectivity index is 2.59. The van der Waals surface area contributed by atoms with Gasteiger partial charge in [-0.1, -0.05) is 27.2 Å². The van der Waals surface area contributed by atoms with Gasteiger partial charge in [-0.05, 0) is 24.6 Å². The molecule has 4 heteroatoms. The van der Waals surface area contributed by atoms with Crippen LogP contribution in [0, 0.1) is 6.92 Å². The molecule has 0 fully saturated rings. The van der Waals surface area contributed by atoms with Crippen molar-refractivity contribution in [2.45, 2.75) is 6.92 Å². The number of aromatic nitrogens is 2. The lowest BCUT2D eigenvalue weighted by Gasteiger charge is -2.01. The van der Waals surface area contributed by atoms with E-state index in [9.17, 15) is 0 Å². The molecule has 0 saturated heterocycles. The molecule has 0 unspecified atom stereocenters. The SMILES string of the molecule is Cc1c(Br)cccc1-c1ncno1. The molecule has 3 nitrogen and oxygen atoms in total. The largest absolute Gasteiger partial charge is 0.334 e. The smallest absolute Gasteiger partial charge is 0.257 e. The molecule has 0 radical (unpaired) electrons. The molecule has 0 aliphatic heterocycles. The van der Waals surface area contributed by atoms with Crippen molar-refractivity contribution in [1.29, 1.82) is 0 Å². The van der Waals surface area contributed by atoms with Crippen LogP contribution in [0.25, 0.3) is 11.5 Å². The summed E-state index contributed by atoms with van der Waals surface area (Å²) in [6.07, 6.45) is 1.40. The highest BCUT2D eigenvalue weighted by Crippen LogP contribution is 2.26. The lowest BCUT2D eigenvalue weighted by molar-refractivity contribution is 0.430. The summed E-state index contributed by atoms with van der Waals surface area (Å²) in [5.74, 6) is 0.554. The van der Waals surface area contributed by atoms with Crippen molar-refractivity contribution in [2.24, 2.45) is 0 Å². The lowest BCUT2D eigenvalue weighted by Crippen LogP contribution is -1.83. The van der Waals surface area contributed by atoms with Crippen LogP contribution >= 0.6 is 15.9 Å². The lowest BCUT2D eigenvalue weighted by atomic mass is 10.1. The summed E-state index contributed by atoms with van der Waals surface area (Å²) in [6.45, 7) is 2.00. The van der Waals surface area contributed by atoms with Gasteiger partial charge < -0.3 is 4.52 Å². The van der Waals surface area contributed by atoms with Gasteiger partial charge in [-0.3, -0.25) is 0 Å². The molecule has 1 aromatic carbocycles. The zero-order valence-corrected chi connectivity index (χ0v) is 8.58. The minimum absolute atomic E-state index is 0.554. The average Bonchev–Trinajstić information content (AvgIpc) is 2.62. The van der Waals surface area contributed by atoms with E-state index in [2.05, 4.69) is 26.1 Å². The van der Waals surface area contributed by atoms with E-state index < -0.39 is 0 Å². The summed E-state index contributed by atoms with van der Waals surface area (Å²) in [7, 11) is 0. The fraction of sp³-hybridized carbons (Fsp3) is 0.111. The molecule has 0 aliphatic carbocycles. The van der Waals surface area contributed by atoms with Crippen molar-refractivity contribution in [3.05, 3.63) is 34.6 Å². The topological polar surface area (TPSA) is 38.9 Å². The second-order valence-corrected chi connectivity index (χ2v) is 3.51. The summed E-state index contributed by atoms with van der Waals surface area (Å²) < 4.78 is 6.02. The van der Waals surface area contributed by atoms with E-state index in [1.165, 1.54) is 6.33 Å². The highest BCUT2D eigenvalue weighted by molar-refractivity contribution is 9.10. The van der Waals surface area contributed by atoms with Crippen molar-refractivity contribution < 1.29 is 4.52 Å². The summed E-state index contributed by atoms with van der Waals surface area (Å²) in [5, 5.41) is 3.57. The summed E-state index contributed by atoms with van der Waals surface area (Å²) in [4.78, 5) is 3.99. The second kappa shape index (κ2) is 3.30. The van der Waals surface area contributed by atoms with Gasteiger partial charge in [-0.25, -0.2) is 0 Å². The van der Waals surface area contributed by atoms with Gasteiger partial charge in [-0.15, -0.1) is 0 Å². The van der Waals surface area contributed by atoms with Crippen LogP contribution in [-0.4, -0.2) is 10.1 Å². The van der Waals surface area contributed by atoms with Crippen LogP contribution in [-0.2, 0) is 0 Å². The van der Waals surface area contributed by atoms with Crippen molar-refractivity contribution in [3.63, 3.8) is 0 Å². The van der Waals surface area contributed by atoms with E-state index in [1.54, 1.807) is 0 Å². The molecule has 2 aromatic rings. The van der Waals surface area contributed by atoms with Crippen molar-refractivity contribution in [3.8, 4) is 11.5 Å².